The number of benzene rings is 2. The number of rotatable bonds is 11. The van der Waals surface area contributed by atoms with E-state index in [0.717, 1.165) is 35.5 Å². The lowest BCUT2D eigenvalue weighted by Crippen LogP contribution is -2.55. The van der Waals surface area contributed by atoms with Crippen LogP contribution in [0.3, 0.4) is 0 Å². The molecule has 0 unspecified atom stereocenters. The van der Waals surface area contributed by atoms with Gasteiger partial charge in [0.15, 0.2) is 11.5 Å². The van der Waals surface area contributed by atoms with Gasteiger partial charge >= 0.3 is 7.82 Å². The van der Waals surface area contributed by atoms with E-state index in [1.165, 1.54) is 5.56 Å². The quantitative estimate of drug-likeness (QED) is 0.348. The summed E-state index contributed by atoms with van der Waals surface area (Å²) < 4.78 is 45.9. The number of phosphoric ester groups is 1. The molecule has 2 aromatic carbocycles. The van der Waals surface area contributed by atoms with E-state index < -0.39 is 38.3 Å². The van der Waals surface area contributed by atoms with Gasteiger partial charge in [0, 0.05) is 0 Å². The molecule has 0 bridgehead atoms. The van der Waals surface area contributed by atoms with Crippen LogP contribution in [-0.4, -0.2) is 72.8 Å². The van der Waals surface area contributed by atoms with Crippen LogP contribution < -0.4 is 9.47 Å². The SMILES string of the molecule is CCOP(=O)(OCC)OC[C@H]1O[C@@H](c2ccc(C3CC3)c(Cc3ccc4c(c3)OCCO4)c2)[C@H](O)[C@@H](O)[C@@H]1O. The number of hydrogen-bond acceptors (Lipinski definition) is 10. The maximum absolute atomic E-state index is 12.7. The fraction of sp³-hybridized carbons (Fsp3) is 0.571. The van der Waals surface area contributed by atoms with E-state index in [1.807, 2.05) is 30.3 Å². The smallest absolute Gasteiger partial charge is 0.474 e. The Bertz CT molecular complexity index is 1170. The van der Waals surface area contributed by atoms with Crippen LogP contribution in [0.2, 0.25) is 0 Å². The number of aliphatic hydroxyl groups excluding tert-OH is 3. The van der Waals surface area contributed by atoms with Crippen LogP contribution in [-0.2, 0) is 29.3 Å². The van der Waals surface area contributed by atoms with Crippen molar-refractivity contribution in [2.75, 3.05) is 33.0 Å². The maximum Gasteiger partial charge on any atom is 0.474 e. The molecule has 2 heterocycles. The van der Waals surface area contributed by atoms with Crippen LogP contribution >= 0.6 is 7.82 Å². The molecule has 1 saturated heterocycles. The highest BCUT2D eigenvalue weighted by Gasteiger charge is 2.45. The molecule has 1 aliphatic carbocycles. The van der Waals surface area contributed by atoms with Gasteiger partial charge in [-0.3, -0.25) is 13.6 Å². The Morgan fingerprint density at radius 1 is 0.872 bits per heavy atom. The minimum Gasteiger partial charge on any atom is -0.486 e. The van der Waals surface area contributed by atoms with Crippen molar-refractivity contribution in [2.45, 2.75) is 69.5 Å². The Hall–Kier alpha value is -2.01. The van der Waals surface area contributed by atoms with Gasteiger partial charge in [0.1, 0.15) is 43.7 Å². The Kier molecular flexibility index (Phi) is 8.95. The summed E-state index contributed by atoms with van der Waals surface area (Å²) in [7, 11) is -3.86. The third-order valence-electron chi connectivity index (χ3n) is 7.20. The predicted molar refractivity (Wildman–Crippen MR) is 141 cm³/mol. The highest BCUT2D eigenvalue weighted by molar-refractivity contribution is 7.48. The fourth-order valence-corrected chi connectivity index (χ4v) is 6.31. The number of aliphatic hydroxyl groups is 3. The molecule has 0 spiro atoms. The summed E-state index contributed by atoms with van der Waals surface area (Å²) in [5.41, 5.74) is 4.06. The summed E-state index contributed by atoms with van der Waals surface area (Å²) >= 11 is 0. The molecular formula is C28H37O10P. The van der Waals surface area contributed by atoms with E-state index in [4.69, 9.17) is 27.8 Å². The summed E-state index contributed by atoms with van der Waals surface area (Å²) in [4.78, 5) is 0. The van der Waals surface area contributed by atoms with Gasteiger partial charge < -0.3 is 29.5 Å². The van der Waals surface area contributed by atoms with Crippen LogP contribution in [0.4, 0.5) is 0 Å². The average Bonchev–Trinajstić information content (AvgIpc) is 3.77. The first-order chi connectivity index (χ1) is 18.8. The van der Waals surface area contributed by atoms with Crippen molar-refractivity contribution in [3.8, 4) is 11.5 Å². The number of fused-ring (bicyclic) bond motifs is 1. The van der Waals surface area contributed by atoms with Crippen molar-refractivity contribution >= 4 is 7.82 Å². The van der Waals surface area contributed by atoms with E-state index in [-0.39, 0.29) is 19.8 Å². The normalized spacial score (nSPS) is 26.9. The molecule has 39 heavy (non-hydrogen) atoms. The highest BCUT2D eigenvalue weighted by atomic mass is 31.2. The van der Waals surface area contributed by atoms with Gasteiger partial charge in [-0.1, -0.05) is 24.3 Å². The van der Waals surface area contributed by atoms with Crippen LogP contribution in [0.5, 0.6) is 11.5 Å². The maximum atomic E-state index is 12.7. The summed E-state index contributed by atoms with van der Waals surface area (Å²) in [6.07, 6.45) is -3.47. The third-order valence-corrected chi connectivity index (χ3v) is 8.81. The Balaban J connectivity index is 1.37. The first kappa shape index (κ1) is 28.5. The van der Waals surface area contributed by atoms with Crippen LogP contribution in [0, 0.1) is 0 Å². The Labute approximate surface area is 228 Å². The second kappa shape index (κ2) is 12.2. The lowest BCUT2D eigenvalue weighted by Gasteiger charge is -2.41. The number of ether oxygens (including phenoxy) is 3. The predicted octanol–water partition coefficient (Wildman–Crippen LogP) is 3.65. The molecule has 2 fully saturated rings. The molecule has 10 nitrogen and oxygen atoms in total. The molecule has 0 radical (unpaired) electrons. The lowest BCUT2D eigenvalue weighted by atomic mass is 9.88. The average molecular weight is 565 g/mol. The number of hydrogen-bond donors (Lipinski definition) is 3. The second-order valence-corrected chi connectivity index (χ2v) is 11.7. The molecule has 3 aliphatic rings. The minimum atomic E-state index is -3.86. The topological polar surface area (TPSA) is 133 Å². The van der Waals surface area contributed by atoms with Gasteiger partial charge in [-0.25, -0.2) is 4.57 Å². The van der Waals surface area contributed by atoms with E-state index in [1.54, 1.807) is 13.8 Å². The van der Waals surface area contributed by atoms with Crippen molar-refractivity contribution in [1.29, 1.82) is 0 Å². The molecule has 214 valence electrons. The van der Waals surface area contributed by atoms with Crippen molar-refractivity contribution in [3.05, 3.63) is 58.7 Å². The van der Waals surface area contributed by atoms with Crippen molar-refractivity contribution < 1.29 is 47.7 Å². The standard InChI is InChI=1S/C28H37O10P/c1-3-35-39(32,36-4-2)37-16-24-25(29)26(30)27(31)28(38-24)19-8-9-21(18-6-7-18)20(15-19)13-17-5-10-22-23(14-17)34-12-11-33-22/h5,8-10,14-15,18,24-31H,3-4,6-7,11-13,16H2,1-2H3/t24-,25-,26+,27-,28+/m1/s1. The molecule has 11 heteroatoms. The molecule has 2 aromatic rings. The molecule has 2 aliphatic heterocycles. The zero-order valence-electron chi connectivity index (χ0n) is 22.2. The van der Waals surface area contributed by atoms with E-state index >= 15 is 0 Å². The first-order valence-corrected chi connectivity index (χ1v) is 15.0. The molecule has 1 saturated carbocycles. The van der Waals surface area contributed by atoms with Gasteiger partial charge in [-0.2, -0.15) is 0 Å². The molecule has 0 amide bonds. The second-order valence-electron chi connectivity index (χ2n) is 10.0. The van der Waals surface area contributed by atoms with Crippen molar-refractivity contribution in [3.63, 3.8) is 0 Å². The van der Waals surface area contributed by atoms with Crippen LogP contribution in [0.25, 0.3) is 0 Å². The van der Waals surface area contributed by atoms with E-state index in [0.29, 0.717) is 31.1 Å². The van der Waals surface area contributed by atoms with E-state index in [9.17, 15) is 19.9 Å². The van der Waals surface area contributed by atoms with Crippen LogP contribution in [0.1, 0.15) is 61.0 Å². The summed E-state index contributed by atoms with van der Waals surface area (Å²) in [5, 5.41) is 32.1. The third kappa shape index (κ3) is 6.50. The Morgan fingerprint density at radius 3 is 2.28 bits per heavy atom. The first-order valence-electron chi connectivity index (χ1n) is 13.6. The zero-order chi connectivity index (χ0) is 27.6. The Morgan fingerprint density at radius 2 is 1.59 bits per heavy atom. The van der Waals surface area contributed by atoms with Gasteiger partial charge in [-0.05, 0) is 73.4 Å². The minimum absolute atomic E-state index is 0.106. The van der Waals surface area contributed by atoms with Gasteiger partial charge in [0.25, 0.3) is 0 Å². The van der Waals surface area contributed by atoms with Crippen LogP contribution in [0.15, 0.2) is 36.4 Å². The van der Waals surface area contributed by atoms with Gasteiger partial charge in [0.05, 0.1) is 19.8 Å². The molecule has 0 aromatic heterocycles. The van der Waals surface area contributed by atoms with Crippen molar-refractivity contribution in [1.82, 2.24) is 0 Å². The number of phosphoric acid groups is 1. The van der Waals surface area contributed by atoms with Gasteiger partial charge in [0.2, 0.25) is 0 Å². The highest BCUT2D eigenvalue weighted by Crippen LogP contribution is 2.50. The molecule has 5 atom stereocenters. The van der Waals surface area contributed by atoms with Crippen molar-refractivity contribution in [2.24, 2.45) is 0 Å². The summed E-state index contributed by atoms with van der Waals surface area (Å²) in [6.45, 7) is 4.22. The summed E-state index contributed by atoms with van der Waals surface area (Å²) in [6, 6.07) is 11.9. The summed E-state index contributed by atoms with van der Waals surface area (Å²) in [5.74, 6) is 1.95. The monoisotopic (exact) mass is 564 g/mol. The lowest BCUT2D eigenvalue weighted by molar-refractivity contribution is -0.231. The molecular weight excluding hydrogens is 527 g/mol. The van der Waals surface area contributed by atoms with Gasteiger partial charge in [-0.15, -0.1) is 0 Å². The zero-order valence-corrected chi connectivity index (χ0v) is 23.1. The largest absolute Gasteiger partial charge is 0.486 e. The van der Waals surface area contributed by atoms with E-state index in [2.05, 4.69) is 6.07 Å². The molecule has 3 N–H and O–H groups in total. The fourth-order valence-electron chi connectivity index (χ4n) is 5.12. The molecule has 5 rings (SSSR count).